The number of carbonyl (C=O) groups is 3. The Bertz CT molecular complexity index is 1160. The van der Waals surface area contributed by atoms with Crippen LogP contribution in [0.2, 0.25) is 10.0 Å². The average Bonchev–Trinajstić information content (AvgIpc) is 2.78. The van der Waals surface area contributed by atoms with Crippen LogP contribution < -0.4 is 15.5 Å². The summed E-state index contributed by atoms with van der Waals surface area (Å²) in [6, 6.07) is 19.4. The third-order valence-electron chi connectivity index (χ3n) is 4.08. The third-order valence-corrected chi connectivity index (χ3v) is 4.66. The maximum Gasteiger partial charge on any atom is 0.343 e. The number of ether oxygens (including phenoxy) is 1. The lowest BCUT2D eigenvalue weighted by Gasteiger charge is -2.06. The Labute approximate surface area is 194 Å². The van der Waals surface area contributed by atoms with Crippen molar-refractivity contribution in [2.75, 3.05) is 6.54 Å². The second-order valence-corrected chi connectivity index (χ2v) is 7.27. The van der Waals surface area contributed by atoms with Crippen LogP contribution in [0.1, 0.15) is 26.3 Å². The van der Waals surface area contributed by atoms with Gasteiger partial charge in [-0.25, -0.2) is 10.2 Å². The van der Waals surface area contributed by atoms with E-state index in [-0.39, 0.29) is 12.1 Å². The van der Waals surface area contributed by atoms with Crippen LogP contribution in [0.25, 0.3) is 0 Å². The molecule has 32 heavy (non-hydrogen) atoms. The fraction of sp³-hybridized carbons (Fsp3) is 0.0435. The summed E-state index contributed by atoms with van der Waals surface area (Å²) in [5, 5.41) is 7.11. The van der Waals surface area contributed by atoms with Gasteiger partial charge in [0.1, 0.15) is 5.75 Å². The van der Waals surface area contributed by atoms with Crippen molar-refractivity contribution in [3.8, 4) is 5.75 Å². The van der Waals surface area contributed by atoms with Gasteiger partial charge in [0.25, 0.3) is 11.8 Å². The number of benzene rings is 3. The molecule has 0 aliphatic carbocycles. The third kappa shape index (κ3) is 6.66. The van der Waals surface area contributed by atoms with Gasteiger partial charge in [0.05, 0.1) is 28.9 Å². The lowest BCUT2D eigenvalue weighted by molar-refractivity contribution is -0.120. The minimum absolute atomic E-state index is 0.274. The number of hydrazone groups is 1. The monoisotopic (exact) mass is 469 g/mol. The molecule has 2 amide bonds. The summed E-state index contributed by atoms with van der Waals surface area (Å²) < 4.78 is 5.34. The number of rotatable bonds is 7. The van der Waals surface area contributed by atoms with Crippen LogP contribution >= 0.6 is 23.2 Å². The summed E-state index contributed by atoms with van der Waals surface area (Å²) >= 11 is 11.8. The average molecular weight is 470 g/mol. The maximum absolute atomic E-state index is 12.2. The van der Waals surface area contributed by atoms with Gasteiger partial charge in [-0.15, -0.1) is 0 Å². The number of nitrogens with zero attached hydrogens (tertiary/aromatic N) is 1. The standard InChI is InChI=1S/C23H17Cl2N3O4/c24-17-10-8-16(9-11-17)23(31)32-18-5-3-4-15(12-18)13-27-28-21(29)14-26-22(30)19-6-1-2-7-20(19)25/h1-13H,14H2,(H,26,30)(H,28,29). The largest absolute Gasteiger partial charge is 0.423 e. The highest BCUT2D eigenvalue weighted by Crippen LogP contribution is 2.16. The first kappa shape index (κ1) is 23.0. The number of hydrogen-bond acceptors (Lipinski definition) is 5. The molecule has 0 unspecified atom stereocenters. The molecule has 9 heteroatoms. The van der Waals surface area contributed by atoms with E-state index < -0.39 is 17.8 Å². The van der Waals surface area contributed by atoms with E-state index in [9.17, 15) is 14.4 Å². The van der Waals surface area contributed by atoms with E-state index in [1.165, 1.54) is 6.21 Å². The first-order valence-corrected chi connectivity index (χ1v) is 10.1. The lowest BCUT2D eigenvalue weighted by atomic mass is 10.2. The van der Waals surface area contributed by atoms with E-state index in [4.69, 9.17) is 27.9 Å². The molecule has 0 fully saturated rings. The fourth-order valence-corrected chi connectivity index (χ4v) is 2.88. The number of carbonyl (C=O) groups excluding carboxylic acids is 3. The highest BCUT2D eigenvalue weighted by atomic mass is 35.5. The number of hydrogen-bond donors (Lipinski definition) is 2. The molecule has 0 saturated heterocycles. The Morgan fingerprint density at radius 2 is 1.69 bits per heavy atom. The van der Waals surface area contributed by atoms with Gasteiger partial charge in [0, 0.05) is 5.02 Å². The van der Waals surface area contributed by atoms with Crippen molar-refractivity contribution < 1.29 is 19.1 Å². The predicted octanol–water partition coefficient (Wildman–Crippen LogP) is 4.09. The van der Waals surface area contributed by atoms with Crippen molar-refractivity contribution in [3.05, 3.63) is 99.5 Å². The maximum atomic E-state index is 12.2. The molecular formula is C23H17Cl2N3O4. The molecule has 0 atom stereocenters. The molecule has 2 N–H and O–H groups in total. The summed E-state index contributed by atoms with van der Waals surface area (Å²) in [4.78, 5) is 36.1. The first-order valence-electron chi connectivity index (χ1n) is 9.35. The summed E-state index contributed by atoms with van der Waals surface area (Å²) in [6.07, 6.45) is 1.38. The molecule has 0 bridgehead atoms. The van der Waals surface area contributed by atoms with E-state index >= 15 is 0 Å². The summed E-state index contributed by atoms with van der Waals surface area (Å²) in [7, 11) is 0. The van der Waals surface area contributed by atoms with Gasteiger partial charge in [0.15, 0.2) is 0 Å². The molecule has 7 nitrogen and oxygen atoms in total. The second kappa shape index (κ2) is 11.1. The van der Waals surface area contributed by atoms with Crippen LogP contribution in [0, 0.1) is 0 Å². The number of nitrogens with one attached hydrogen (secondary N) is 2. The van der Waals surface area contributed by atoms with Gasteiger partial charge in [-0.3, -0.25) is 9.59 Å². The number of amides is 2. The van der Waals surface area contributed by atoms with E-state index in [0.717, 1.165) is 0 Å². The SMILES string of the molecule is O=C(CNC(=O)c1ccccc1Cl)NN=Cc1cccc(OC(=O)c2ccc(Cl)cc2)c1. The van der Waals surface area contributed by atoms with Gasteiger partial charge in [0.2, 0.25) is 0 Å². The lowest BCUT2D eigenvalue weighted by Crippen LogP contribution is -2.35. The number of halogens is 2. The minimum Gasteiger partial charge on any atom is -0.423 e. The fourth-order valence-electron chi connectivity index (χ4n) is 2.53. The van der Waals surface area contributed by atoms with Crippen molar-refractivity contribution in [1.82, 2.24) is 10.7 Å². The molecule has 162 valence electrons. The highest BCUT2D eigenvalue weighted by Gasteiger charge is 2.11. The van der Waals surface area contributed by atoms with Gasteiger partial charge < -0.3 is 10.1 Å². The Hall–Kier alpha value is -3.68. The zero-order valence-electron chi connectivity index (χ0n) is 16.5. The molecule has 3 rings (SSSR count). The van der Waals surface area contributed by atoms with Gasteiger partial charge in [-0.2, -0.15) is 5.10 Å². The molecule has 3 aromatic rings. The van der Waals surface area contributed by atoms with E-state index in [1.807, 2.05) is 0 Å². The Morgan fingerprint density at radius 3 is 2.44 bits per heavy atom. The van der Waals surface area contributed by atoms with Crippen LogP contribution in [-0.4, -0.2) is 30.5 Å². The quantitative estimate of drug-likeness (QED) is 0.235. The van der Waals surface area contributed by atoms with Crippen molar-refractivity contribution in [1.29, 1.82) is 0 Å². The molecule has 0 spiro atoms. The van der Waals surface area contributed by atoms with Crippen LogP contribution in [0.5, 0.6) is 5.75 Å². The smallest absolute Gasteiger partial charge is 0.343 e. The van der Waals surface area contributed by atoms with Crippen molar-refractivity contribution in [2.24, 2.45) is 5.10 Å². The molecule has 0 aliphatic rings. The van der Waals surface area contributed by atoms with Gasteiger partial charge in [-0.05, 0) is 54.1 Å². The predicted molar refractivity (Wildman–Crippen MR) is 122 cm³/mol. The van der Waals surface area contributed by atoms with E-state index in [0.29, 0.717) is 26.9 Å². The molecular weight excluding hydrogens is 453 g/mol. The second-order valence-electron chi connectivity index (χ2n) is 6.42. The molecule has 0 heterocycles. The van der Waals surface area contributed by atoms with E-state index in [2.05, 4.69) is 15.8 Å². The summed E-state index contributed by atoms with van der Waals surface area (Å²) in [5.74, 6) is -1.21. The van der Waals surface area contributed by atoms with Crippen LogP contribution in [-0.2, 0) is 4.79 Å². The zero-order valence-corrected chi connectivity index (χ0v) is 18.1. The Balaban J connectivity index is 1.50. The van der Waals surface area contributed by atoms with Crippen LogP contribution in [0.15, 0.2) is 77.9 Å². The molecule has 0 aromatic heterocycles. The minimum atomic E-state index is -0.529. The Morgan fingerprint density at radius 1 is 0.938 bits per heavy atom. The summed E-state index contributed by atoms with van der Waals surface area (Å²) in [6.45, 7) is -0.278. The topological polar surface area (TPSA) is 96.9 Å². The Kier molecular flexibility index (Phi) is 7.96. The highest BCUT2D eigenvalue weighted by molar-refractivity contribution is 6.33. The summed E-state index contributed by atoms with van der Waals surface area (Å²) in [5.41, 5.74) is 3.53. The van der Waals surface area contributed by atoms with Crippen LogP contribution in [0.4, 0.5) is 0 Å². The number of esters is 1. The molecule has 0 radical (unpaired) electrons. The van der Waals surface area contributed by atoms with Gasteiger partial charge >= 0.3 is 5.97 Å². The molecule has 3 aromatic carbocycles. The van der Waals surface area contributed by atoms with E-state index in [1.54, 1.807) is 72.8 Å². The van der Waals surface area contributed by atoms with Gasteiger partial charge in [-0.1, -0.05) is 47.5 Å². The van der Waals surface area contributed by atoms with Crippen molar-refractivity contribution in [3.63, 3.8) is 0 Å². The molecule has 0 aliphatic heterocycles. The normalized spacial score (nSPS) is 10.6. The first-order chi connectivity index (χ1) is 15.4. The zero-order chi connectivity index (χ0) is 22.9. The van der Waals surface area contributed by atoms with Crippen molar-refractivity contribution >= 4 is 47.2 Å². The van der Waals surface area contributed by atoms with Crippen molar-refractivity contribution in [2.45, 2.75) is 0 Å². The van der Waals surface area contributed by atoms with Crippen LogP contribution in [0.3, 0.4) is 0 Å². The molecule has 0 saturated carbocycles.